The monoisotopic (exact) mass is 285 g/mol. The molecule has 0 aromatic heterocycles. The highest BCUT2D eigenvalue weighted by molar-refractivity contribution is 6.31. The van der Waals surface area contributed by atoms with Crippen molar-refractivity contribution in [2.45, 2.75) is 12.0 Å². The van der Waals surface area contributed by atoms with Gasteiger partial charge in [-0.25, -0.2) is 4.79 Å². The van der Waals surface area contributed by atoms with Crippen molar-refractivity contribution in [2.24, 2.45) is 0 Å². The van der Waals surface area contributed by atoms with E-state index in [0.717, 1.165) is 6.42 Å². The maximum atomic E-state index is 11.2. The van der Waals surface area contributed by atoms with Crippen molar-refractivity contribution in [3.05, 3.63) is 28.8 Å². The summed E-state index contributed by atoms with van der Waals surface area (Å²) in [6, 6.07) is 4.74. The van der Waals surface area contributed by atoms with Gasteiger partial charge in [0, 0.05) is 37.4 Å². The standard InChI is InChI=1S/C13H16ClNO4/c1-18-13(4-5-19-8-13)7-15-11-3-2-9(14)6-10(11)12(16)17/h2-3,6,15H,4-5,7-8H2,1H3,(H,16,17). The lowest BCUT2D eigenvalue weighted by Crippen LogP contribution is -2.39. The Morgan fingerprint density at radius 3 is 3.00 bits per heavy atom. The van der Waals surface area contributed by atoms with E-state index in [0.29, 0.717) is 30.5 Å². The van der Waals surface area contributed by atoms with Crippen molar-refractivity contribution in [1.82, 2.24) is 0 Å². The molecule has 1 heterocycles. The molecular weight excluding hydrogens is 270 g/mol. The molecule has 1 unspecified atom stereocenters. The first-order chi connectivity index (χ1) is 9.06. The molecule has 0 saturated carbocycles. The third kappa shape index (κ3) is 3.18. The highest BCUT2D eigenvalue weighted by Gasteiger charge is 2.34. The summed E-state index contributed by atoms with van der Waals surface area (Å²) in [7, 11) is 1.64. The molecule has 0 spiro atoms. The molecule has 1 aromatic carbocycles. The molecule has 19 heavy (non-hydrogen) atoms. The van der Waals surface area contributed by atoms with E-state index in [4.69, 9.17) is 26.2 Å². The van der Waals surface area contributed by atoms with Gasteiger partial charge in [-0.05, 0) is 18.2 Å². The lowest BCUT2D eigenvalue weighted by Gasteiger charge is -2.26. The van der Waals surface area contributed by atoms with Crippen LogP contribution in [0.15, 0.2) is 18.2 Å². The van der Waals surface area contributed by atoms with Gasteiger partial charge in [-0.3, -0.25) is 0 Å². The fourth-order valence-electron chi connectivity index (χ4n) is 2.06. The van der Waals surface area contributed by atoms with Crippen LogP contribution in [0, 0.1) is 0 Å². The lowest BCUT2D eigenvalue weighted by molar-refractivity contribution is -0.00622. The van der Waals surface area contributed by atoms with Crippen molar-refractivity contribution in [3.8, 4) is 0 Å². The number of nitrogens with one attached hydrogen (secondary N) is 1. The minimum Gasteiger partial charge on any atom is -0.478 e. The molecule has 1 aliphatic heterocycles. The van der Waals surface area contributed by atoms with E-state index in [1.807, 2.05) is 0 Å². The molecule has 104 valence electrons. The van der Waals surface area contributed by atoms with E-state index in [2.05, 4.69) is 5.32 Å². The maximum Gasteiger partial charge on any atom is 0.337 e. The average molecular weight is 286 g/mol. The van der Waals surface area contributed by atoms with E-state index in [1.54, 1.807) is 19.2 Å². The summed E-state index contributed by atoms with van der Waals surface area (Å²) in [6.45, 7) is 1.65. The van der Waals surface area contributed by atoms with Gasteiger partial charge in [-0.1, -0.05) is 11.6 Å². The van der Waals surface area contributed by atoms with Crippen molar-refractivity contribution >= 4 is 23.3 Å². The zero-order valence-corrected chi connectivity index (χ0v) is 11.4. The fourth-order valence-corrected chi connectivity index (χ4v) is 2.24. The van der Waals surface area contributed by atoms with Crippen molar-refractivity contribution < 1.29 is 19.4 Å². The van der Waals surface area contributed by atoms with Crippen molar-refractivity contribution in [1.29, 1.82) is 0 Å². The van der Waals surface area contributed by atoms with Crippen LogP contribution in [0.3, 0.4) is 0 Å². The van der Waals surface area contributed by atoms with Gasteiger partial charge >= 0.3 is 5.97 Å². The zero-order valence-electron chi connectivity index (χ0n) is 10.6. The number of hydrogen-bond acceptors (Lipinski definition) is 4. The Kier molecular flexibility index (Phi) is 4.29. The Hall–Kier alpha value is -1.30. The van der Waals surface area contributed by atoms with Crippen LogP contribution < -0.4 is 5.32 Å². The SMILES string of the molecule is COC1(CNc2ccc(Cl)cc2C(=O)O)CCOC1. The number of methoxy groups -OCH3 is 1. The van der Waals surface area contributed by atoms with Crippen LogP contribution in [0.4, 0.5) is 5.69 Å². The van der Waals surface area contributed by atoms with E-state index in [-0.39, 0.29) is 5.56 Å². The topological polar surface area (TPSA) is 67.8 Å². The van der Waals surface area contributed by atoms with E-state index in [1.165, 1.54) is 6.07 Å². The molecule has 1 aliphatic rings. The number of anilines is 1. The van der Waals surface area contributed by atoms with Crippen molar-refractivity contribution in [2.75, 3.05) is 32.2 Å². The van der Waals surface area contributed by atoms with Gasteiger partial charge in [0.05, 0.1) is 12.2 Å². The molecule has 2 N–H and O–H groups in total. The van der Waals surface area contributed by atoms with E-state index >= 15 is 0 Å². The second-order valence-corrected chi connectivity index (χ2v) is 4.97. The van der Waals surface area contributed by atoms with Crippen LogP contribution >= 0.6 is 11.6 Å². The minimum atomic E-state index is -1.01. The first-order valence-corrected chi connectivity index (χ1v) is 6.34. The van der Waals surface area contributed by atoms with Crippen LogP contribution in [-0.2, 0) is 9.47 Å². The molecular formula is C13H16ClNO4. The lowest BCUT2D eigenvalue weighted by atomic mass is 10.0. The number of benzene rings is 1. The van der Waals surface area contributed by atoms with Crippen LogP contribution in [0.1, 0.15) is 16.8 Å². The normalized spacial score (nSPS) is 22.4. The summed E-state index contributed by atoms with van der Waals surface area (Å²) >= 11 is 5.81. The summed E-state index contributed by atoms with van der Waals surface area (Å²) in [5.41, 5.74) is 0.285. The molecule has 5 nitrogen and oxygen atoms in total. The van der Waals surface area contributed by atoms with E-state index < -0.39 is 11.6 Å². The molecule has 0 aliphatic carbocycles. The smallest absolute Gasteiger partial charge is 0.337 e. The average Bonchev–Trinajstić information content (AvgIpc) is 2.86. The number of ether oxygens (including phenoxy) is 2. The Labute approximate surface area is 116 Å². The molecule has 1 aromatic rings. The van der Waals surface area contributed by atoms with Gasteiger partial charge in [-0.15, -0.1) is 0 Å². The second kappa shape index (κ2) is 5.77. The summed E-state index contributed by atoms with van der Waals surface area (Å²) < 4.78 is 10.8. The van der Waals surface area contributed by atoms with Gasteiger partial charge in [0.2, 0.25) is 0 Å². The number of carboxylic acid groups (broad SMARTS) is 1. The number of halogens is 1. The quantitative estimate of drug-likeness (QED) is 0.868. The first kappa shape index (κ1) is 14.1. The molecule has 0 bridgehead atoms. The van der Waals surface area contributed by atoms with Crippen LogP contribution in [0.2, 0.25) is 5.02 Å². The number of rotatable bonds is 5. The number of aromatic carboxylic acids is 1. The fraction of sp³-hybridized carbons (Fsp3) is 0.462. The molecule has 0 radical (unpaired) electrons. The van der Waals surface area contributed by atoms with Gasteiger partial charge in [0.25, 0.3) is 0 Å². The predicted octanol–water partition coefficient (Wildman–Crippen LogP) is 2.26. The van der Waals surface area contributed by atoms with Gasteiger partial charge < -0.3 is 19.9 Å². The molecule has 1 atom stereocenters. The highest BCUT2D eigenvalue weighted by atomic mass is 35.5. The second-order valence-electron chi connectivity index (χ2n) is 4.54. The Morgan fingerprint density at radius 2 is 2.42 bits per heavy atom. The molecule has 1 fully saturated rings. The molecule has 1 saturated heterocycles. The van der Waals surface area contributed by atoms with Crippen LogP contribution in [0.25, 0.3) is 0 Å². The van der Waals surface area contributed by atoms with E-state index in [9.17, 15) is 4.79 Å². The number of carbonyl (C=O) groups is 1. The third-order valence-electron chi connectivity index (χ3n) is 3.31. The number of carboxylic acids is 1. The largest absolute Gasteiger partial charge is 0.478 e. The molecule has 0 amide bonds. The first-order valence-electron chi connectivity index (χ1n) is 5.96. The Morgan fingerprint density at radius 1 is 1.63 bits per heavy atom. The molecule has 2 rings (SSSR count). The summed E-state index contributed by atoms with van der Waals surface area (Å²) in [5, 5.41) is 12.7. The highest BCUT2D eigenvalue weighted by Crippen LogP contribution is 2.25. The van der Waals surface area contributed by atoms with Gasteiger partial charge in [0.1, 0.15) is 5.60 Å². The number of hydrogen-bond donors (Lipinski definition) is 2. The Bertz CT molecular complexity index is 472. The molecule has 6 heteroatoms. The zero-order chi connectivity index (χ0) is 13.9. The third-order valence-corrected chi connectivity index (χ3v) is 3.55. The van der Waals surface area contributed by atoms with Gasteiger partial charge in [0.15, 0.2) is 0 Å². The predicted molar refractivity (Wildman–Crippen MR) is 72.1 cm³/mol. The van der Waals surface area contributed by atoms with Gasteiger partial charge in [-0.2, -0.15) is 0 Å². The van der Waals surface area contributed by atoms with Crippen molar-refractivity contribution in [3.63, 3.8) is 0 Å². The van der Waals surface area contributed by atoms with Crippen LogP contribution in [-0.4, -0.2) is 43.5 Å². The summed E-state index contributed by atoms with van der Waals surface area (Å²) in [4.78, 5) is 11.2. The summed E-state index contributed by atoms with van der Waals surface area (Å²) in [5.74, 6) is -1.01. The maximum absolute atomic E-state index is 11.2. The minimum absolute atomic E-state index is 0.151. The van der Waals surface area contributed by atoms with Crippen LogP contribution in [0.5, 0.6) is 0 Å². The Balaban J connectivity index is 2.13. The summed E-state index contributed by atoms with van der Waals surface area (Å²) in [6.07, 6.45) is 0.784.